The number of hydrogen-bond acceptors (Lipinski definition) is 7. The SMILES string of the molecule is C1=C(CCNc2cnnc(N3CCN(c4ccccn4)CC3)n2)CCCC1. The average molecular weight is 365 g/mol. The molecule has 1 saturated heterocycles. The monoisotopic (exact) mass is 365 g/mol. The summed E-state index contributed by atoms with van der Waals surface area (Å²) in [6, 6.07) is 6.03. The molecule has 27 heavy (non-hydrogen) atoms. The van der Waals surface area contributed by atoms with Gasteiger partial charge in [0.25, 0.3) is 0 Å². The van der Waals surface area contributed by atoms with Gasteiger partial charge in [0.05, 0.1) is 6.20 Å². The Morgan fingerprint density at radius 1 is 1.04 bits per heavy atom. The molecule has 2 aromatic rings. The first-order valence-electron chi connectivity index (χ1n) is 9.91. The van der Waals surface area contributed by atoms with E-state index in [1.165, 1.54) is 25.7 Å². The molecule has 142 valence electrons. The Bertz CT molecular complexity index is 754. The van der Waals surface area contributed by atoms with Gasteiger partial charge in [0.1, 0.15) is 5.82 Å². The third-order valence-electron chi connectivity index (χ3n) is 5.22. The Morgan fingerprint density at radius 3 is 2.70 bits per heavy atom. The molecule has 0 radical (unpaired) electrons. The minimum absolute atomic E-state index is 0.706. The van der Waals surface area contributed by atoms with Crippen molar-refractivity contribution >= 4 is 17.6 Å². The highest BCUT2D eigenvalue weighted by Gasteiger charge is 2.20. The molecule has 1 N–H and O–H groups in total. The molecule has 0 atom stereocenters. The number of pyridine rings is 1. The Balaban J connectivity index is 1.29. The molecule has 0 amide bonds. The number of piperazine rings is 1. The standard InChI is InChI=1S/C20H27N7/c1-2-6-17(7-3-1)9-11-21-18-16-23-25-20(24-18)27-14-12-26(13-15-27)19-8-4-5-10-22-19/h4-6,8,10,16H,1-3,7,9,11-15H2,(H,21,24,25). The van der Waals surface area contributed by atoms with Gasteiger partial charge in [-0.05, 0) is 44.2 Å². The molecule has 0 saturated carbocycles. The maximum atomic E-state index is 4.66. The van der Waals surface area contributed by atoms with E-state index in [1.54, 1.807) is 11.8 Å². The van der Waals surface area contributed by atoms with E-state index in [0.717, 1.165) is 50.8 Å². The number of rotatable bonds is 6. The zero-order chi connectivity index (χ0) is 18.3. The van der Waals surface area contributed by atoms with Gasteiger partial charge in [-0.1, -0.05) is 17.7 Å². The van der Waals surface area contributed by atoms with E-state index in [0.29, 0.717) is 5.95 Å². The van der Waals surface area contributed by atoms with Gasteiger partial charge >= 0.3 is 0 Å². The second kappa shape index (κ2) is 8.79. The van der Waals surface area contributed by atoms with Crippen LogP contribution in [0.5, 0.6) is 0 Å². The van der Waals surface area contributed by atoms with Gasteiger partial charge in [0.15, 0.2) is 5.82 Å². The van der Waals surface area contributed by atoms with Crippen molar-refractivity contribution in [1.29, 1.82) is 0 Å². The summed E-state index contributed by atoms with van der Waals surface area (Å²) < 4.78 is 0. The smallest absolute Gasteiger partial charge is 0.247 e. The first kappa shape index (κ1) is 17.7. The number of hydrogen-bond donors (Lipinski definition) is 1. The molecule has 0 spiro atoms. The van der Waals surface area contributed by atoms with Crippen LogP contribution >= 0.6 is 0 Å². The van der Waals surface area contributed by atoms with Gasteiger partial charge in [-0.3, -0.25) is 0 Å². The molecule has 0 unspecified atom stereocenters. The normalized spacial score (nSPS) is 17.6. The lowest BCUT2D eigenvalue weighted by Gasteiger charge is -2.35. The molecule has 0 bridgehead atoms. The molecule has 7 nitrogen and oxygen atoms in total. The lowest BCUT2D eigenvalue weighted by molar-refractivity contribution is 0.630. The summed E-state index contributed by atoms with van der Waals surface area (Å²) in [5.74, 6) is 2.55. The van der Waals surface area contributed by atoms with Crippen molar-refractivity contribution in [2.24, 2.45) is 0 Å². The van der Waals surface area contributed by atoms with Crippen LogP contribution in [0.2, 0.25) is 0 Å². The van der Waals surface area contributed by atoms with E-state index in [9.17, 15) is 0 Å². The molecule has 0 aromatic carbocycles. The first-order chi connectivity index (χ1) is 13.4. The maximum absolute atomic E-state index is 4.66. The van der Waals surface area contributed by atoms with E-state index in [-0.39, 0.29) is 0 Å². The molecule has 4 rings (SSSR count). The topological polar surface area (TPSA) is 70.1 Å². The number of allylic oxidation sites excluding steroid dienone is 1. The van der Waals surface area contributed by atoms with Gasteiger partial charge in [0.2, 0.25) is 5.95 Å². The van der Waals surface area contributed by atoms with Crippen LogP contribution in [0.15, 0.2) is 42.2 Å². The van der Waals surface area contributed by atoms with Gasteiger partial charge in [-0.25, -0.2) is 4.98 Å². The summed E-state index contributed by atoms with van der Waals surface area (Å²) in [4.78, 5) is 13.6. The van der Waals surface area contributed by atoms with Gasteiger partial charge in [-0.15, -0.1) is 5.10 Å². The van der Waals surface area contributed by atoms with Crippen molar-refractivity contribution < 1.29 is 0 Å². The van der Waals surface area contributed by atoms with Crippen LogP contribution in [0.25, 0.3) is 0 Å². The fourth-order valence-corrected chi connectivity index (χ4v) is 3.67. The van der Waals surface area contributed by atoms with Crippen molar-refractivity contribution in [2.45, 2.75) is 32.1 Å². The molecular weight excluding hydrogens is 338 g/mol. The van der Waals surface area contributed by atoms with Gasteiger partial charge < -0.3 is 15.1 Å². The molecule has 3 heterocycles. The van der Waals surface area contributed by atoms with Crippen LogP contribution in [0, 0.1) is 0 Å². The van der Waals surface area contributed by atoms with Crippen molar-refractivity contribution in [3.63, 3.8) is 0 Å². The van der Waals surface area contributed by atoms with E-state index < -0.39 is 0 Å². The number of nitrogens with one attached hydrogen (secondary N) is 1. The molecule has 7 heteroatoms. The maximum Gasteiger partial charge on any atom is 0.247 e. The van der Waals surface area contributed by atoms with Crippen molar-refractivity contribution in [3.05, 3.63) is 42.2 Å². The van der Waals surface area contributed by atoms with Gasteiger partial charge in [0, 0.05) is 38.9 Å². The lowest BCUT2D eigenvalue weighted by atomic mass is 9.97. The third kappa shape index (κ3) is 4.72. The molecule has 1 aliphatic heterocycles. The van der Waals surface area contributed by atoms with Crippen LogP contribution in [0.4, 0.5) is 17.6 Å². The van der Waals surface area contributed by atoms with E-state index in [2.05, 4.69) is 47.4 Å². The van der Waals surface area contributed by atoms with Crippen LogP contribution in [0.3, 0.4) is 0 Å². The molecule has 1 fully saturated rings. The summed E-state index contributed by atoms with van der Waals surface area (Å²) in [6.07, 6.45) is 12.2. The Morgan fingerprint density at radius 2 is 1.93 bits per heavy atom. The highest BCUT2D eigenvalue weighted by molar-refractivity contribution is 5.43. The van der Waals surface area contributed by atoms with Crippen molar-refractivity contribution in [2.75, 3.05) is 47.8 Å². The van der Waals surface area contributed by atoms with E-state index in [4.69, 9.17) is 0 Å². The average Bonchev–Trinajstić information content (AvgIpc) is 2.76. The van der Waals surface area contributed by atoms with E-state index >= 15 is 0 Å². The molecule has 1 aliphatic carbocycles. The van der Waals surface area contributed by atoms with Crippen molar-refractivity contribution in [3.8, 4) is 0 Å². The van der Waals surface area contributed by atoms with Crippen LogP contribution < -0.4 is 15.1 Å². The molecule has 2 aliphatic rings. The summed E-state index contributed by atoms with van der Waals surface area (Å²) in [6.45, 7) is 4.46. The minimum atomic E-state index is 0.706. The summed E-state index contributed by atoms with van der Waals surface area (Å²) in [5.41, 5.74) is 1.57. The molecular formula is C20H27N7. The first-order valence-corrected chi connectivity index (χ1v) is 9.91. The lowest BCUT2D eigenvalue weighted by Crippen LogP contribution is -2.47. The second-order valence-electron chi connectivity index (χ2n) is 7.09. The minimum Gasteiger partial charge on any atom is -0.368 e. The van der Waals surface area contributed by atoms with Crippen LogP contribution in [-0.4, -0.2) is 52.9 Å². The Kier molecular flexibility index (Phi) is 5.76. The quantitative estimate of drug-likeness (QED) is 0.789. The predicted molar refractivity (Wildman–Crippen MR) is 108 cm³/mol. The number of nitrogens with zero attached hydrogens (tertiary/aromatic N) is 6. The highest BCUT2D eigenvalue weighted by atomic mass is 15.4. The van der Waals surface area contributed by atoms with E-state index in [1.807, 2.05) is 18.3 Å². The fraction of sp³-hybridized carbons (Fsp3) is 0.500. The molecule has 2 aromatic heterocycles. The Labute approximate surface area is 160 Å². The summed E-state index contributed by atoms with van der Waals surface area (Å²) in [7, 11) is 0. The van der Waals surface area contributed by atoms with Crippen LogP contribution in [-0.2, 0) is 0 Å². The third-order valence-corrected chi connectivity index (χ3v) is 5.22. The summed E-state index contributed by atoms with van der Waals surface area (Å²) >= 11 is 0. The summed E-state index contributed by atoms with van der Waals surface area (Å²) in [5, 5.41) is 11.8. The zero-order valence-corrected chi connectivity index (χ0v) is 15.7. The van der Waals surface area contributed by atoms with Crippen molar-refractivity contribution in [1.82, 2.24) is 20.2 Å². The van der Waals surface area contributed by atoms with Gasteiger partial charge in [-0.2, -0.15) is 10.1 Å². The largest absolute Gasteiger partial charge is 0.368 e. The highest BCUT2D eigenvalue weighted by Crippen LogP contribution is 2.20. The predicted octanol–water partition coefficient (Wildman–Crippen LogP) is 2.90. The number of anilines is 3. The number of aromatic nitrogens is 4. The van der Waals surface area contributed by atoms with Crippen LogP contribution in [0.1, 0.15) is 32.1 Å². The second-order valence-corrected chi connectivity index (χ2v) is 7.09. The Hall–Kier alpha value is -2.70. The zero-order valence-electron chi connectivity index (χ0n) is 15.7. The fourth-order valence-electron chi connectivity index (χ4n) is 3.67.